The zero-order chi connectivity index (χ0) is 17.1. The van der Waals surface area contributed by atoms with E-state index in [-0.39, 0.29) is 18.1 Å². The van der Waals surface area contributed by atoms with E-state index in [9.17, 15) is 9.18 Å². The van der Waals surface area contributed by atoms with Gasteiger partial charge in [-0.3, -0.25) is 10.2 Å². The second-order valence-corrected chi connectivity index (χ2v) is 5.76. The van der Waals surface area contributed by atoms with Crippen LogP contribution in [0.3, 0.4) is 0 Å². The van der Waals surface area contributed by atoms with E-state index in [0.717, 1.165) is 34.1 Å². The highest BCUT2D eigenvalue weighted by atomic mass is 19.1. The van der Waals surface area contributed by atoms with Crippen molar-refractivity contribution < 1.29 is 9.18 Å². The van der Waals surface area contributed by atoms with Gasteiger partial charge in [0.1, 0.15) is 5.82 Å². The molecule has 2 aromatic carbocycles. The Morgan fingerprint density at radius 3 is 2.62 bits per heavy atom. The van der Waals surface area contributed by atoms with Crippen molar-refractivity contribution in [2.24, 2.45) is 5.84 Å². The van der Waals surface area contributed by atoms with Crippen LogP contribution in [-0.2, 0) is 24.2 Å². The molecule has 0 spiro atoms. The van der Waals surface area contributed by atoms with Gasteiger partial charge in [0.2, 0.25) is 5.91 Å². The van der Waals surface area contributed by atoms with Crippen LogP contribution in [0.5, 0.6) is 0 Å². The maximum atomic E-state index is 13.8. The van der Waals surface area contributed by atoms with Gasteiger partial charge in [0.25, 0.3) is 0 Å². The van der Waals surface area contributed by atoms with E-state index >= 15 is 0 Å². The number of rotatable bonds is 5. The van der Waals surface area contributed by atoms with Crippen molar-refractivity contribution in [3.63, 3.8) is 0 Å². The molecule has 0 unspecified atom stereocenters. The van der Waals surface area contributed by atoms with Gasteiger partial charge in [-0.25, -0.2) is 10.2 Å². The number of nitrogens with two attached hydrogens (primary N) is 1. The first-order valence-electron chi connectivity index (χ1n) is 7.97. The van der Waals surface area contributed by atoms with Gasteiger partial charge in [0, 0.05) is 23.1 Å². The average Bonchev–Trinajstić information content (AvgIpc) is 2.88. The molecular formula is C19H20FN3O. The van der Waals surface area contributed by atoms with E-state index < -0.39 is 0 Å². The molecule has 0 radical (unpaired) electrons. The van der Waals surface area contributed by atoms with Crippen molar-refractivity contribution in [2.45, 2.75) is 26.3 Å². The summed E-state index contributed by atoms with van der Waals surface area (Å²) in [5.74, 6) is 4.64. The van der Waals surface area contributed by atoms with Crippen LogP contribution in [-0.4, -0.2) is 10.5 Å². The van der Waals surface area contributed by atoms with E-state index in [1.165, 1.54) is 12.1 Å². The third kappa shape index (κ3) is 3.03. The summed E-state index contributed by atoms with van der Waals surface area (Å²) < 4.78 is 15.9. The van der Waals surface area contributed by atoms with Crippen molar-refractivity contribution in [1.82, 2.24) is 9.99 Å². The highest BCUT2D eigenvalue weighted by Crippen LogP contribution is 2.29. The summed E-state index contributed by atoms with van der Waals surface area (Å²) in [5.41, 5.74) is 6.11. The molecule has 0 bridgehead atoms. The van der Waals surface area contributed by atoms with Crippen molar-refractivity contribution in [3.8, 4) is 0 Å². The first kappa shape index (κ1) is 16.2. The Morgan fingerprint density at radius 2 is 1.96 bits per heavy atom. The SMILES string of the molecule is CCc1c(CC(=O)NN)c2cc(F)ccc2n1Cc1ccccc1. The smallest absolute Gasteiger partial charge is 0.238 e. The molecule has 5 heteroatoms. The van der Waals surface area contributed by atoms with Gasteiger partial charge in [-0.15, -0.1) is 0 Å². The lowest BCUT2D eigenvalue weighted by Gasteiger charge is -2.11. The van der Waals surface area contributed by atoms with Gasteiger partial charge in [-0.1, -0.05) is 37.3 Å². The second kappa shape index (κ2) is 6.84. The third-order valence-electron chi connectivity index (χ3n) is 4.27. The highest BCUT2D eigenvalue weighted by Gasteiger charge is 2.18. The quantitative estimate of drug-likeness (QED) is 0.430. The molecule has 0 aliphatic heterocycles. The first-order chi connectivity index (χ1) is 11.6. The van der Waals surface area contributed by atoms with Gasteiger partial charge in [-0.05, 0) is 35.7 Å². The number of halogens is 1. The molecule has 0 saturated carbocycles. The van der Waals surface area contributed by atoms with Crippen LogP contribution in [0, 0.1) is 5.82 Å². The van der Waals surface area contributed by atoms with Gasteiger partial charge < -0.3 is 4.57 Å². The Hall–Kier alpha value is -2.66. The van der Waals surface area contributed by atoms with E-state index in [0.29, 0.717) is 6.54 Å². The molecule has 0 atom stereocenters. The largest absolute Gasteiger partial charge is 0.340 e. The van der Waals surface area contributed by atoms with Crippen LogP contribution >= 0.6 is 0 Å². The summed E-state index contributed by atoms with van der Waals surface area (Å²) in [7, 11) is 0. The fourth-order valence-corrected chi connectivity index (χ4v) is 3.21. The average molecular weight is 325 g/mol. The molecule has 1 aromatic heterocycles. The van der Waals surface area contributed by atoms with Crippen molar-refractivity contribution in [1.29, 1.82) is 0 Å². The molecule has 3 N–H and O–H groups in total. The standard InChI is InChI=1S/C19H20FN3O/c1-2-17-16(11-19(24)22-21)15-10-14(20)8-9-18(15)23(17)12-13-6-4-3-5-7-13/h3-10H,2,11-12,21H2,1H3,(H,22,24). The number of hydrogen-bond acceptors (Lipinski definition) is 2. The Bertz CT molecular complexity index is 871. The van der Waals surface area contributed by atoms with Crippen LogP contribution in [0.25, 0.3) is 10.9 Å². The Kier molecular flexibility index (Phi) is 4.62. The minimum Gasteiger partial charge on any atom is -0.340 e. The molecular weight excluding hydrogens is 305 g/mol. The lowest BCUT2D eigenvalue weighted by Crippen LogP contribution is -2.31. The Morgan fingerprint density at radius 1 is 1.21 bits per heavy atom. The van der Waals surface area contributed by atoms with E-state index in [1.54, 1.807) is 6.07 Å². The van der Waals surface area contributed by atoms with Crippen LogP contribution < -0.4 is 11.3 Å². The zero-order valence-electron chi connectivity index (χ0n) is 13.6. The summed E-state index contributed by atoms with van der Waals surface area (Å²) in [4.78, 5) is 11.8. The minimum absolute atomic E-state index is 0.140. The summed E-state index contributed by atoms with van der Waals surface area (Å²) in [6.07, 6.45) is 0.887. The number of amides is 1. The summed E-state index contributed by atoms with van der Waals surface area (Å²) in [5, 5.41) is 0.770. The predicted octanol–water partition coefficient (Wildman–Crippen LogP) is 2.92. The summed E-state index contributed by atoms with van der Waals surface area (Å²) in [6, 6.07) is 14.8. The lowest BCUT2D eigenvalue weighted by molar-refractivity contribution is -0.120. The predicted molar refractivity (Wildman–Crippen MR) is 92.9 cm³/mol. The number of fused-ring (bicyclic) bond motifs is 1. The Balaban J connectivity index is 2.18. The highest BCUT2D eigenvalue weighted by molar-refractivity contribution is 5.90. The Labute approximate surface area is 140 Å². The minimum atomic E-state index is -0.309. The van der Waals surface area contributed by atoms with Crippen LogP contribution in [0.1, 0.15) is 23.7 Å². The third-order valence-corrected chi connectivity index (χ3v) is 4.27. The molecule has 3 rings (SSSR count). The molecule has 1 heterocycles. The molecule has 0 aliphatic carbocycles. The van der Waals surface area contributed by atoms with Gasteiger partial charge in [0.15, 0.2) is 0 Å². The van der Waals surface area contributed by atoms with Gasteiger partial charge >= 0.3 is 0 Å². The van der Waals surface area contributed by atoms with Crippen molar-refractivity contribution in [3.05, 3.63) is 71.2 Å². The fraction of sp³-hybridized carbons (Fsp3) is 0.211. The van der Waals surface area contributed by atoms with E-state index in [4.69, 9.17) is 5.84 Å². The molecule has 24 heavy (non-hydrogen) atoms. The number of carbonyl (C=O) groups is 1. The topological polar surface area (TPSA) is 60.1 Å². The first-order valence-corrected chi connectivity index (χ1v) is 7.97. The summed E-state index contributed by atoms with van der Waals surface area (Å²) >= 11 is 0. The van der Waals surface area contributed by atoms with Gasteiger partial charge in [0.05, 0.1) is 6.42 Å². The number of benzene rings is 2. The van der Waals surface area contributed by atoms with Crippen molar-refractivity contribution >= 4 is 16.8 Å². The molecule has 0 fully saturated rings. The fourth-order valence-electron chi connectivity index (χ4n) is 3.21. The number of aromatic nitrogens is 1. The number of hydrogen-bond donors (Lipinski definition) is 2. The van der Waals surface area contributed by atoms with Gasteiger partial charge in [-0.2, -0.15) is 0 Å². The van der Waals surface area contributed by atoms with E-state index in [2.05, 4.69) is 22.1 Å². The maximum absolute atomic E-state index is 13.8. The summed E-state index contributed by atoms with van der Waals surface area (Å²) in [6.45, 7) is 2.71. The molecule has 0 aliphatic rings. The number of nitrogens with zero attached hydrogens (tertiary/aromatic N) is 1. The molecule has 0 saturated heterocycles. The second-order valence-electron chi connectivity index (χ2n) is 5.76. The van der Waals surface area contributed by atoms with Crippen LogP contribution in [0.4, 0.5) is 4.39 Å². The van der Waals surface area contributed by atoms with E-state index in [1.807, 2.05) is 25.1 Å². The molecule has 4 nitrogen and oxygen atoms in total. The zero-order valence-corrected chi connectivity index (χ0v) is 13.6. The maximum Gasteiger partial charge on any atom is 0.238 e. The normalized spacial score (nSPS) is 11.0. The molecule has 124 valence electrons. The number of nitrogens with one attached hydrogen (secondary N) is 1. The van der Waals surface area contributed by atoms with Crippen molar-refractivity contribution in [2.75, 3.05) is 0 Å². The number of hydrazine groups is 1. The lowest BCUT2D eigenvalue weighted by atomic mass is 10.1. The van der Waals surface area contributed by atoms with Crippen LogP contribution in [0.15, 0.2) is 48.5 Å². The monoisotopic (exact) mass is 325 g/mol. The van der Waals surface area contributed by atoms with Crippen LogP contribution in [0.2, 0.25) is 0 Å². The number of carbonyl (C=O) groups excluding carboxylic acids is 1. The molecule has 1 amide bonds. The molecule has 3 aromatic rings.